The van der Waals surface area contributed by atoms with E-state index in [-0.39, 0.29) is 18.9 Å². The van der Waals surface area contributed by atoms with Crippen molar-refractivity contribution in [1.82, 2.24) is 10.2 Å². The largest absolute Gasteiger partial charge is 0.391 e. The van der Waals surface area contributed by atoms with E-state index in [0.717, 1.165) is 0 Å². The molecule has 0 aromatic carbocycles. The molecule has 0 spiro atoms. The summed E-state index contributed by atoms with van der Waals surface area (Å²) in [4.78, 5) is 1.91. The molecule has 1 heterocycles. The number of hydrogen-bond acceptors (Lipinski definition) is 3. The maximum absolute atomic E-state index is 12.4. The van der Waals surface area contributed by atoms with Gasteiger partial charge in [-0.25, -0.2) is 0 Å². The Morgan fingerprint density at radius 3 is 2.38 bits per heavy atom. The Kier molecular flexibility index (Phi) is 4.56. The van der Waals surface area contributed by atoms with Crippen LogP contribution in [0.1, 0.15) is 12.8 Å². The van der Waals surface area contributed by atoms with Crippen LogP contribution in [0.3, 0.4) is 0 Å². The molecule has 0 amide bonds. The predicted octanol–water partition coefficient (Wildman–Crippen LogP) is 1.37. The van der Waals surface area contributed by atoms with Crippen molar-refractivity contribution in [3.8, 4) is 6.07 Å². The van der Waals surface area contributed by atoms with Crippen LogP contribution in [0.5, 0.6) is 0 Å². The highest BCUT2D eigenvalue weighted by Crippen LogP contribution is 2.33. The Morgan fingerprint density at radius 2 is 2.00 bits per heavy atom. The minimum atomic E-state index is -4.07. The summed E-state index contributed by atoms with van der Waals surface area (Å²) < 4.78 is 37.1. The molecule has 0 aromatic heterocycles. The van der Waals surface area contributed by atoms with Crippen LogP contribution in [0.25, 0.3) is 0 Å². The molecule has 1 unspecified atom stereocenters. The van der Waals surface area contributed by atoms with Crippen LogP contribution in [0, 0.1) is 17.2 Å². The van der Waals surface area contributed by atoms with Crippen LogP contribution < -0.4 is 5.32 Å². The number of nitrogens with zero attached hydrogens (tertiary/aromatic N) is 2. The molecular weight excluding hydrogens is 219 g/mol. The summed E-state index contributed by atoms with van der Waals surface area (Å²) in [5.74, 6) is -1.17. The summed E-state index contributed by atoms with van der Waals surface area (Å²) in [7, 11) is 1.68. The van der Waals surface area contributed by atoms with Gasteiger partial charge >= 0.3 is 6.18 Å². The zero-order chi connectivity index (χ0) is 12.2. The second kappa shape index (κ2) is 5.51. The molecule has 3 nitrogen and oxygen atoms in total. The predicted molar refractivity (Wildman–Crippen MR) is 53.7 cm³/mol. The number of likely N-dealkylation sites (tertiary alicyclic amines) is 1. The number of rotatable bonds is 3. The van der Waals surface area contributed by atoms with E-state index >= 15 is 0 Å². The number of likely N-dealkylation sites (N-methyl/N-ethyl adjacent to an activating group) is 1. The Morgan fingerprint density at radius 1 is 1.44 bits per heavy atom. The van der Waals surface area contributed by atoms with Crippen LogP contribution in [0.4, 0.5) is 13.2 Å². The highest BCUT2D eigenvalue weighted by molar-refractivity contribution is 4.92. The van der Waals surface area contributed by atoms with Gasteiger partial charge in [0.25, 0.3) is 0 Å². The Bertz CT molecular complexity index is 251. The van der Waals surface area contributed by atoms with Gasteiger partial charge in [-0.3, -0.25) is 0 Å². The van der Waals surface area contributed by atoms with Gasteiger partial charge in [0.1, 0.15) is 6.04 Å². The molecule has 1 saturated heterocycles. The number of halogens is 3. The molecule has 0 aromatic rings. The molecule has 1 fully saturated rings. The van der Waals surface area contributed by atoms with Gasteiger partial charge < -0.3 is 10.2 Å². The highest BCUT2D eigenvalue weighted by atomic mass is 19.4. The fraction of sp³-hybridized carbons (Fsp3) is 0.900. The van der Waals surface area contributed by atoms with E-state index in [9.17, 15) is 13.2 Å². The maximum Gasteiger partial charge on any atom is 0.391 e. The standard InChI is InChI=1S/C10H16F3N3/c1-15-9(6-14)7-16-4-2-8(3-5-16)10(11,12)13/h8-9,15H,2-5,7H2,1H3. The lowest BCUT2D eigenvalue weighted by Gasteiger charge is -2.33. The molecule has 6 heteroatoms. The van der Waals surface area contributed by atoms with Crippen molar-refractivity contribution in [2.75, 3.05) is 26.7 Å². The SMILES string of the molecule is CNC(C#N)CN1CCC(C(F)(F)F)CC1. The molecule has 92 valence electrons. The molecule has 0 aliphatic carbocycles. The number of piperidine rings is 1. The quantitative estimate of drug-likeness (QED) is 0.803. The summed E-state index contributed by atoms with van der Waals surface area (Å²) >= 11 is 0. The molecule has 1 rings (SSSR count). The van der Waals surface area contributed by atoms with Gasteiger partial charge in [-0.2, -0.15) is 18.4 Å². The van der Waals surface area contributed by atoms with Crippen LogP contribution in [0.15, 0.2) is 0 Å². The van der Waals surface area contributed by atoms with Crippen molar-refractivity contribution >= 4 is 0 Å². The third-order valence-corrected chi connectivity index (χ3v) is 3.00. The monoisotopic (exact) mass is 235 g/mol. The first kappa shape index (κ1) is 13.3. The average molecular weight is 235 g/mol. The van der Waals surface area contributed by atoms with Crippen LogP contribution in [0.2, 0.25) is 0 Å². The van der Waals surface area contributed by atoms with Gasteiger partial charge in [0, 0.05) is 6.54 Å². The van der Waals surface area contributed by atoms with E-state index in [4.69, 9.17) is 5.26 Å². The van der Waals surface area contributed by atoms with E-state index in [1.807, 2.05) is 4.90 Å². The molecule has 16 heavy (non-hydrogen) atoms. The number of hydrogen-bond donors (Lipinski definition) is 1. The Hall–Kier alpha value is -0.800. The zero-order valence-corrected chi connectivity index (χ0v) is 9.22. The first-order valence-electron chi connectivity index (χ1n) is 5.33. The van der Waals surface area contributed by atoms with Crippen molar-refractivity contribution in [3.05, 3.63) is 0 Å². The summed E-state index contributed by atoms with van der Waals surface area (Å²) in [6.45, 7) is 1.34. The van der Waals surface area contributed by atoms with E-state index in [1.165, 1.54) is 0 Å². The van der Waals surface area contributed by atoms with E-state index in [2.05, 4.69) is 11.4 Å². The second-order valence-corrected chi connectivity index (χ2v) is 4.09. The summed E-state index contributed by atoms with van der Waals surface area (Å²) in [6.07, 6.45) is -3.78. The highest BCUT2D eigenvalue weighted by Gasteiger charge is 2.41. The molecule has 1 atom stereocenters. The molecule has 0 radical (unpaired) electrons. The first-order valence-corrected chi connectivity index (χ1v) is 5.33. The zero-order valence-electron chi connectivity index (χ0n) is 9.22. The maximum atomic E-state index is 12.4. The number of nitriles is 1. The molecule has 0 bridgehead atoms. The third kappa shape index (κ3) is 3.65. The molecule has 1 N–H and O–H groups in total. The van der Waals surface area contributed by atoms with Gasteiger partial charge in [0.15, 0.2) is 0 Å². The lowest BCUT2D eigenvalue weighted by Crippen LogP contribution is -2.44. The van der Waals surface area contributed by atoms with E-state index < -0.39 is 12.1 Å². The Balaban J connectivity index is 2.35. The third-order valence-electron chi connectivity index (χ3n) is 3.00. The molecule has 1 aliphatic rings. The lowest BCUT2D eigenvalue weighted by atomic mass is 9.96. The Labute approximate surface area is 93.2 Å². The van der Waals surface area contributed by atoms with Crippen molar-refractivity contribution in [1.29, 1.82) is 5.26 Å². The molecule has 0 saturated carbocycles. The van der Waals surface area contributed by atoms with Crippen molar-refractivity contribution in [2.45, 2.75) is 25.1 Å². The van der Waals surface area contributed by atoms with Gasteiger partial charge in [-0.1, -0.05) is 0 Å². The normalized spacial score (nSPS) is 21.7. The van der Waals surface area contributed by atoms with Crippen LogP contribution in [-0.4, -0.2) is 43.8 Å². The van der Waals surface area contributed by atoms with Crippen LogP contribution in [-0.2, 0) is 0 Å². The van der Waals surface area contributed by atoms with Crippen molar-refractivity contribution in [2.24, 2.45) is 5.92 Å². The van der Waals surface area contributed by atoms with E-state index in [1.54, 1.807) is 7.05 Å². The van der Waals surface area contributed by atoms with Crippen molar-refractivity contribution < 1.29 is 13.2 Å². The van der Waals surface area contributed by atoms with Gasteiger partial charge in [-0.05, 0) is 33.0 Å². The minimum Gasteiger partial charge on any atom is -0.304 e. The average Bonchev–Trinajstić information content (AvgIpc) is 2.25. The summed E-state index contributed by atoms with van der Waals surface area (Å²) in [5.41, 5.74) is 0. The lowest BCUT2D eigenvalue weighted by molar-refractivity contribution is -0.185. The van der Waals surface area contributed by atoms with Crippen molar-refractivity contribution in [3.63, 3.8) is 0 Å². The van der Waals surface area contributed by atoms with E-state index in [0.29, 0.717) is 19.6 Å². The topological polar surface area (TPSA) is 39.1 Å². The number of alkyl halides is 3. The molecule has 1 aliphatic heterocycles. The van der Waals surface area contributed by atoms with Gasteiger partial charge in [-0.15, -0.1) is 0 Å². The number of nitrogens with one attached hydrogen (secondary N) is 1. The summed E-state index contributed by atoms with van der Waals surface area (Å²) in [6, 6.07) is 1.76. The fourth-order valence-electron chi connectivity index (χ4n) is 1.90. The summed E-state index contributed by atoms with van der Waals surface area (Å²) in [5, 5.41) is 11.5. The van der Waals surface area contributed by atoms with Gasteiger partial charge in [0.05, 0.1) is 12.0 Å². The first-order chi connectivity index (χ1) is 7.47. The fourth-order valence-corrected chi connectivity index (χ4v) is 1.90. The van der Waals surface area contributed by atoms with Crippen LogP contribution >= 0.6 is 0 Å². The minimum absolute atomic E-state index is 0.144. The second-order valence-electron chi connectivity index (χ2n) is 4.09. The van der Waals surface area contributed by atoms with Gasteiger partial charge in [0.2, 0.25) is 0 Å². The molecular formula is C10H16F3N3. The smallest absolute Gasteiger partial charge is 0.304 e.